The molecule has 4 heteroatoms. The van der Waals surface area contributed by atoms with Crippen LogP contribution in [0.15, 0.2) is 0 Å². The molecule has 0 bridgehead atoms. The molecule has 2 fully saturated rings. The molecule has 0 spiro atoms. The van der Waals surface area contributed by atoms with Crippen LogP contribution in [0.3, 0.4) is 0 Å². The Balaban J connectivity index is 1.68. The van der Waals surface area contributed by atoms with Crippen molar-refractivity contribution < 1.29 is 9.90 Å². The van der Waals surface area contributed by atoms with Gasteiger partial charge in [-0.05, 0) is 31.8 Å². The average molecular weight is 212 g/mol. The molecule has 2 aliphatic heterocycles. The summed E-state index contributed by atoms with van der Waals surface area (Å²) in [6, 6.07) is 0. The molecule has 15 heavy (non-hydrogen) atoms. The maximum absolute atomic E-state index is 11.8. The summed E-state index contributed by atoms with van der Waals surface area (Å²) < 4.78 is 0. The van der Waals surface area contributed by atoms with Crippen molar-refractivity contribution in [1.29, 1.82) is 0 Å². The van der Waals surface area contributed by atoms with Crippen molar-refractivity contribution >= 4 is 5.91 Å². The van der Waals surface area contributed by atoms with E-state index in [0.717, 1.165) is 26.2 Å². The molecule has 1 amide bonds. The van der Waals surface area contributed by atoms with E-state index in [-0.39, 0.29) is 12.5 Å². The largest absolute Gasteiger partial charge is 0.396 e. The van der Waals surface area contributed by atoms with Gasteiger partial charge in [-0.1, -0.05) is 0 Å². The molecule has 2 rings (SSSR count). The lowest BCUT2D eigenvalue weighted by atomic mass is 9.93. The van der Waals surface area contributed by atoms with Gasteiger partial charge in [-0.25, -0.2) is 0 Å². The first-order valence-electron chi connectivity index (χ1n) is 5.89. The first kappa shape index (κ1) is 10.9. The zero-order valence-electron chi connectivity index (χ0n) is 9.11. The molecule has 0 aromatic rings. The molecule has 2 N–H and O–H groups in total. The second kappa shape index (κ2) is 4.94. The molecular formula is C11H20N2O2. The van der Waals surface area contributed by atoms with Gasteiger partial charge in [0.25, 0.3) is 0 Å². The third-order valence-electron chi connectivity index (χ3n) is 3.43. The molecule has 0 aliphatic carbocycles. The zero-order valence-corrected chi connectivity index (χ0v) is 9.11. The van der Waals surface area contributed by atoms with Gasteiger partial charge in [-0.3, -0.25) is 4.79 Å². The molecule has 1 atom stereocenters. The Hall–Kier alpha value is -0.610. The molecule has 0 radical (unpaired) electrons. The summed E-state index contributed by atoms with van der Waals surface area (Å²) in [7, 11) is 0. The van der Waals surface area contributed by atoms with Gasteiger partial charge in [0.05, 0.1) is 0 Å². The van der Waals surface area contributed by atoms with Crippen molar-refractivity contribution in [3.05, 3.63) is 0 Å². The van der Waals surface area contributed by atoms with Gasteiger partial charge in [0.1, 0.15) is 0 Å². The monoisotopic (exact) mass is 212 g/mol. The molecule has 0 saturated carbocycles. The van der Waals surface area contributed by atoms with Crippen LogP contribution in [0, 0.1) is 11.8 Å². The van der Waals surface area contributed by atoms with Gasteiger partial charge in [-0.2, -0.15) is 0 Å². The van der Waals surface area contributed by atoms with Crippen molar-refractivity contribution in [3.8, 4) is 0 Å². The Bertz CT molecular complexity index is 221. The van der Waals surface area contributed by atoms with Crippen LogP contribution in [0.1, 0.15) is 19.3 Å². The summed E-state index contributed by atoms with van der Waals surface area (Å²) in [6.45, 7) is 3.82. The summed E-state index contributed by atoms with van der Waals surface area (Å²) in [4.78, 5) is 13.6. The average Bonchev–Trinajstić information content (AvgIpc) is 2.17. The van der Waals surface area contributed by atoms with E-state index >= 15 is 0 Å². The van der Waals surface area contributed by atoms with Gasteiger partial charge in [0.15, 0.2) is 0 Å². The van der Waals surface area contributed by atoms with E-state index in [0.29, 0.717) is 18.3 Å². The summed E-state index contributed by atoms with van der Waals surface area (Å²) in [5.74, 6) is 1.13. The fourth-order valence-electron chi connectivity index (χ4n) is 2.36. The van der Waals surface area contributed by atoms with Crippen molar-refractivity contribution in [3.63, 3.8) is 0 Å². The SMILES string of the molecule is O=C(CC1CCCNC1)N1CC(CO)C1. The van der Waals surface area contributed by atoms with Crippen molar-refractivity contribution in [2.24, 2.45) is 11.8 Å². The van der Waals surface area contributed by atoms with Crippen LogP contribution in [0.2, 0.25) is 0 Å². The lowest BCUT2D eigenvalue weighted by molar-refractivity contribution is -0.139. The number of nitrogens with zero attached hydrogens (tertiary/aromatic N) is 1. The van der Waals surface area contributed by atoms with Gasteiger partial charge < -0.3 is 15.3 Å². The zero-order chi connectivity index (χ0) is 10.7. The van der Waals surface area contributed by atoms with Crippen LogP contribution in [0.5, 0.6) is 0 Å². The molecule has 0 aromatic carbocycles. The molecule has 1 unspecified atom stereocenters. The first-order chi connectivity index (χ1) is 7.29. The van der Waals surface area contributed by atoms with Crippen LogP contribution in [0.25, 0.3) is 0 Å². The van der Waals surface area contributed by atoms with Gasteiger partial charge in [0.2, 0.25) is 5.91 Å². The number of likely N-dealkylation sites (tertiary alicyclic amines) is 1. The standard InChI is InChI=1S/C11H20N2O2/c14-8-10-6-13(7-10)11(15)4-9-2-1-3-12-5-9/h9-10,12,14H,1-8H2. The summed E-state index contributed by atoms with van der Waals surface area (Å²) in [6.07, 6.45) is 3.05. The van der Waals surface area contributed by atoms with Gasteiger partial charge >= 0.3 is 0 Å². The molecule has 4 nitrogen and oxygen atoms in total. The first-order valence-corrected chi connectivity index (χ1v) is 5.89. The highest BCUT2D eigenvalue weighted by atomic mass is 16.3. The number of carbonyl (C=O) groups is 1. The third kappa shape index (κ3) is 2.69. The van der Waals surface area contributed by atoms with Crippen LogP contribution in [-0.2, 0) is 4.79 Å². The Kier molecular flexibility index (Phi) is 3.59. The molecule has 2 saturated heterocycles. The van der Waals surface area contributed by atoms with Crippen molar-refractivity contribution in [2.75, 3.05) is 32.8 Å². The molecule has 0 aromatic heterocycles. The minimum atomic E-state index is 0.217. The Morgan fingerprint density at radius 2 is 2.20 bits per heavy atom. The Labute approximate surface area is 90.6 Å². The van der Waals surface area contributed by atoms with Crippen LogP contribution in [-0.4, -0.2) is 48.7 Å². The molecule has 2 heterocycles. The maximum atomic E-state index is 11.8. The number of aliphatic hydroxyl groups is 1. The fourth-order valence-corrected chi connectivity index (χ4v) is 2.36. The normalized spacial score (nSPS) is 27.5. The van der Waals surface area contributed by atoms with Crippen molar-refractivity contribution in [2.45, 2.75) is 19.3 Å². The second-order valence-corrected chi connectivity index (χ2v) is 4.76. The topological polar surface area (TPSA) is 52.6 Å². The maximum Gasteiger partial charge on any atom is 0.222 e. The Morgan fingerprint density at radius 3 is 2.80 bits per heavy atom. The number of rotatable bonds is 3. The minimum Gasteiger partial charge on any atom is -0.396 e. The molecular weight excluding hydrogens is 192 g/mol. The predicted molar refractivity (Wildman–Crippen MR) is 57.4 cm³/mol. The second-order valence-electron chi connectivity index (χ2n) is 4.76. The Morgan fingerprint density at radius 1 is 1.40 bits per heavy atom. The van der Waals surface area contributed by atoms with E-state index in [2.05, 4.69) is 5.32 Å². The van der Waals surface area contributed by atoms with Gasteiger partial charge in [-0.15, -0.1) is 0 Å². The summed E-state index contributed by atoms with van der Waals surface area (Å²) in [5, 5.41) is 12.2. The number of nitrogens with one attached hydrogen (secondary N) is 1. The highest BCUT2D eigenvalue weighted by Gasteiger charge is 2.31. The smallest absolute Gasteiger partial charge is 0.222 e. The van der Waals surface area contributed by atoms with Crippen LogP contribution < -0.4 is 5.32 Å². The van der Waals surface area contributed by atoms with E-state index < -0.39 is 0 Å². The van der Waals surface area contributed by atoms with Crippen LogP contribution >= 0.6 is 0 Å². The van der Waals surface area contributed by atoms with E-state index in [1.54, 1.807) is 0 Å². The van der Waals surface area contributed by atoms with E-state index in [4.69, 9.17) is 5.11 Å². The molecule has 86 valence electrons. The highest BCUT2D eigenvalue weighted by molar-refractivity contribution is 5.77. The van der Waals surface area contributed by atoms with E-state index in [1.807, 2.05) is 4.90 Å². The lowest BCUT2D eigenvalue weighted by Crippen LogP contribution is -2.52. The fraction of sp³-hybridized carbons (Fsp3) is 0.909. The van der Waals surface area contributed by atoms with Crippen LogP contribution in [0.4, 0.5) is 0 Å². The summed E-state index contributed by atoms with van der Waals surface area (Å²) >= 11 is 0. The van der Waals surface area contributed by atoms with Crippen molar-refractivity contribution in [1.82, 2.24) is 10.2 Å². The van der Waals surface area contributed by atoms with Gasteiger partial charge in [0, 0.05) is 32.0 Å². The number of amides is 1. The summed E-state index contributed by atoms with van der Waals surface area (Å²) in [5.41, 5.74) is 0. The number of hydrogen-bond donors (Lipinski definition) is 2. The van der Waals surface area contributed by atoms with E-state index in [1.165, 1.54) is 12.8 Å². The van der Waals surface area contributed by atoms with E-state index in [9.17, 15) is 4.79 Å². The lowest BCUT2D eigenvalue weighted by Gasteiger charge is -2.39. The quantitative estimate of drug-likeness (QED) is 0.683. The number of hydrogen-bond acceptors (Lipinski definition) is 3. The third-order valence-corrected chi connectivity index (χ3v) is 3.43. The number of carbonyl (C=O) groups excluding carboxylic acids is 1. The predicted octanol–water partition coefficient (Wildman–Crippen LogP) is -0.173. The number of piperidine rings is 1. The highest BCUT2D eigenvalue weighted by Crippen LogP contribution is 2.20. The number of aliphatic hydroxyl groups excluding tert-OH is 1. The molecule has 2 aliphatic rings. The minimum absolute atomic E-state index is 0.217.